The van der Waals surface area contributed by atoms with Gasteiger partial charge in [0.15, 0.2) is 11.6 Å². The van der Waals surface area contributed by atoms with Gasteiger partial charge in [-0.3, -0.25) is 0 Å². The Hall–Kier alpha value is -3.09. The number of nitrogens with zero attached hydrogens (tertiary/aromatic N) is 2. The molecule has 5 nitrogen and oxygen atoms in total. The summed E-state index contributed by atoms with van der Waals surface area (Å²) in [5.74, 6) is 1.11. The van der Waals surface area contributed by atoms with E-state index in [1.54, 1.807) is 12.1 Å². The van der Waals surface area contributed by atoms with Crippen LogP contribution in [0.25, 0.3) is 11.0 Å². The summed E-state index contributed by atoms with van der Waals surface area (Å²) in [7, 11) is 0. The second-order valence-electron chi connectivity index (χ2n) is 6.62. The average molecular weight is 429 g/mol. The average Bonchev–Trinajstić information content (AvgIpc) is 3.10. The number of para-hydroxylation sites is 4. The maximum Gasteiger partial charge on any atom is 0.165 e. The lowest BCUT2D eigenvalue weighted by atomic mass is 10.3. The van der Waals surface area contributed by atoms with Gasteiger partial charge >= 0.3 is 0 Å². The van der Waals surface area contributed by atoms with Gasteiger partial charge in [-0.1, -0.05) is 42.5 Å². The van der Waals surface area contributed by atoms with Crippen LogP contribution in [0.4, 0.5) is 4.39 Å². The number of rotatable bonds is 8. The first kappa shape index (κ1) is 21.6. The summed E-state index contributed by atoms with van der Waals surface area (Å²) in [4.78, 5) is 4.64. The zero-order valence-corrected chi connectivity index (χ0v) is 17.0. The number of halogens is 2. The highest BCUT2D eigenvalue weighted by Crippen LogP contribution is 2.20. The fraction of sp³-hybridized carbons (Fsp3) is 0.174. The summed E-state index contributed by atoms with van der Waals surface area (Å²) < 4.78 is 26.9. The number of aliphatic hydroxyl groups is 1. The van der Waals surface area contributed by atoms with Gasteiger partial charge in [-0.25, -0.2) is 9.37 Å². The number of aromatic nitrogens is 2. The Kier molecular flexibility index (Phi) is 7.27. The van der Waals surface area contributed by atoms with Gasteiger partial charge in [-0.05, 0) is 36.4 Å². The molecule has 0 saturated heterocycles. The Balaban J connectivity index is 0.00000256. The number of aliphatic hydroxyl groups excluding tert-OH is 1. The van der Waals surface area contributed by atoms with Gasteiger partial charge in [0, 0.05) is 0 Å². The Morgan fingerprint density at radius 1 is 0.900 bits per heavy atom. The highest BCUT2D eigenvalue weighted by Gasteiger charge is 2.16. The zero-order valence-electron chi connectivity index (χ0n) is 16.1. The monoisotopic (exact) mass is 428 g/mol. The van der Waals surface area contributed by atoms with E-state index in [-0.39, 0.29) is 37.9 Å². The first-order valence-electron chi connectivity index (χ1n) is 9.38. The fourth-order valence-corrected chi connectivity index (χ4v) is 3.12. The molecule has 0 aliphatic carbocycles. The van der Waals surface area contributed by atoms with Crippen LogP contribution in [0.3, 0.4) is 0 Å². The topological polar surface area (TPSA) is 56.5 Å². The highest BCUT2D eigenvalue weighted by atomic mass is 35.5. The molecule has 0 amide bonds. The van der Waals surface area contributed by atoms with Gasteiger partial charge in [-0.2, -0.15) is 0 Å². The van der Waals surface area contributed by atoms with Gasteiger partial charge in [0.2, 0.25) is 0 Å². The van der Waals surface area contributed by atoms with Crippen LogP contribution in [0.15, 0.2) is 78.9 Å². The normalized spacial score (nSPS) is 11.7. The number of hydrogen-bond donors (Lipinski definition) is 1. The van der Waals surface area contributed by atoms with E-state index in [9.17, 15) is 9.50 Å². The van der Waals surface area contributed by atoms with Crippen molar-refractivity contribution in [1.82, 2.24) is 9.55 Å². The summed E-state index contributed by atoms with van der Waals surface area (Å²) in [5, 5.41) is 10.5. The third-order valence-corrected chi connectivity index (χ3v) is 4.51. The molecule has 0 radical (unpaired) electrons. The Bertz CT molecular complexity index is 1090. The molecule has 1 N–H and O–H groups in total. The van der Waals surface area contributed by atoms with Gasteiger partial charge in [0.25, 0.3) is 0 Å². The largest absolute Gasteiger partial charge is 0.488 e. The van der Waals surface area contributed by atoms with Crippen molar-refractivity contribution in [1.29, 1.82) is 0 Å². The summed E-state index contributed by atoms with van der Waals surface area (Å²) in [6.07, 6.45) is -0.845. The molecule has 0 fully saturated rings. The molecule has 1 unspecified atom stereocenters. The number of hydrogen-bond acceptors (Lipinski definition) is 4. The first-order chi connectivity index (χ1) is 14.2. The summed E-state index contributed by atoms with van der Waals surface area (Å²) in [6.45, 7) is 0.481. The second kappa shape index (κ2) is 10.1. The van der Waals surface area contributed by atoms with Crippen molar-refractivity contribution >= 4 is 23.4 Å². The molecule has 4 aromatic rings. The van der Waals surface area contributed by atoms with E-state index in [1.807, 2.05) is 59.2 Å². The third-order valence-electron chi connectivity index (χ3n) is 4.51. The van der Waals surface area contributed by atoms with E-state index in [1.165, 1.54) is 12.1 Å². The van der Waals surface area contributed by atoms with Crippen molar-refractivity contribution in [3.8, 4) is 11.5 Å². The van der Waals surface area contributed by atoms with Crippen LogP contribution in [-0.4, -0.2) is 27.4 Å². The molecular weight excluding hydrogens is 407 g/mol. The fourth-order valence-electron chi connectivity index (χ4n) is 3.12. The van der Waals surface area contributed by atoms with Crippen LogP contribution >= 0.6 is 12.4 Å². The van der Waals surface area contributed by atoms with Gasteiger partial charge < -0.3 is 19.1 Å². The van der Waals surface area contributed by atoms with Gasteiger partial charge in [-0.15, -0.1) is 12.4 Å². The lowest BCUT2D eigenvalue weighted by Gasteiger charge is -2.16. The van der Waals surface area contributed by atoms with Crippen LogP contribution in [0.1, 0.15) is 5.82 Å². The van der Waals surface area contributed by atoms with Gasteiger partial charge in [0.1, 0.15) is 30.9 Å². The van der Waals surface area contributed by atoms with Crippen LogP contribution in [0.5, 0.6) is 11.5 Å². The van der Waals surface area contributed by atoms with E-state index in [0.29, 0.717) is 5.82 Å². The molecular formula is C23H22ClFN2O3. The second-order valence-corrected chi connectivity index (χ2v) is 6.62. The Morgan fingerprint density at radius 2 is 1.60 bits per heavy atom. The van der Waals surface area contributed by atoms with Crippen molar-refractivity contribution in [2.45, 2.75) is 19.3 Å². The van der Waals surface area contributed by atoms with E-state index < -0.39 is 11.9 Å². The quantitative estimate of drug-likeness (QED) is 0.445. The van der Waals surface area contributed by atoms with E-state index >= 15 is 0 Å². The summed E-state index contributed by atoms with van der Waals surface area (Å²) in [6, 6.07) is 23.3. The standard InChI is InChI=1S/C23H21FN2O3.ClH/c24-19-10-4-7-13-22(19)29-15-17(27)14-26-21-12-6-5-11-20(21)25-23(26)16-28-18-8-2-1-3-9-18;/h1-13,17,27H,14-16H2;1H. The zero-order chi connectivity index (χ0) is 20.1. The third kappa shape index (κ3) is 5.09. The number of imidazole rings is 1. The summed E-state index contributed by atoms with van der Waals surface area (Å²) in [5.41, 5.74) is 1.71. The van der Waals surface area contributed by atoms with Gasteiger partial charge in [0.05, 0.1) is 17.6 Å². The number of benzene rings is 3. The lowest BCUT2D eigenvalue weighted by Crippen LogP contribution is -2.25. The molecule has 3 aromatic carbocycles. The maximum atomic E-state index is 13.7. The molecule has 1 atom stereocenters. The first-order valence-corrected chi connectivity index (χ1v) is 9.38. The minimum Gasteiger partial charge on any atom is -0.488 e. The van der Waals surface area contributed by atoms with Crippen molar-refractivity contribution in [2.24, 2.45) is 0 Å². The molecule has 0 aliphatic heterocycles. The van der Waals surface area contributed by atoms with Crippen molar-refractivity contribution < 1.29 is 19.0 Å². The molecule has 0 saturated carbocycles. The highest BCUT2D eigenvalue weighted by molar-refractivity contribution is 5.85. The maximum absolute atomic E-state index is 13.7. The van der Waals surface area contributed by atoms with E-state index in [2.05, 4.69) is 4.98 Å². The molecule has 0 aliphatic rings. The molecule has 1 aromatic heterocycles. The minimum absolute atomic E-state index is 0. The van der Waals surface area contributed by atoms with Crippen LogP contribution in [0, 0.1) is 5.82 Å². The molecule has 0 spiro atoms. The predicted molar refractivity (Wildman–Crippen MR) is 116 cm³/mol. The lowest BCUT2D eigenvalue weighted by molar-refractivity contribution is 0.0898. The molecule has 156 valence electrons. The van der Waals surface area contributed by atoms with Crippen LogP contribution < -0.4 is 9.47 Å². The summed E-state index contributed by atoms with van der Waals surface area (Å²) >= 11 is 0. The van der Waals surface area contributed by atoms with Crippen LogP contribution in [-0.2, 0) is 13.2 Å². The predicted octanol–water partition coefficient (Wildman–Crippen LogP) is 4.62. The molecule has 7 heteroatoms. The van der Waals surface area contributed by atoms with Crippen molar-refractivity contribution in [3.63, 3.8) is 0 Å². The van der Waals surface area contributed by atoms with Crippen molar-refractivity contribution in [3.05, 3.63) is 90.5 Å². The Morgan fingerprint density at radius 3 is 2.40 bits per heavy atom. The number of fused-ring (bicyclic) bond motifs is 1. The molecule has 0 bridgehead atoms. The molecule has 4 rings (SSSR count). The molecule has 30 heavy (non-hydrogen) atoms. The Labute approximate surface area is 180 Å². The van der Waals surface area contributed by atoms with E-state index in [0.717, 1.165) is 16.8 Å². The minimum atomic E-state index is -0.845. The SMILES string of the molecule is Cl.OC(COc1ccccc1F)Cn1c(COc2ccccc2)nc2ccccc21. The smallest absolute Gasteiger partial charge is 0.165 e. The van der Waals surface area contributed by atoms with Crippen LogP contribution in [0.2, 0.25) is 0 Å². The number of ether oxygens (including phenoxy) is 2. The molecule has 1 heterocycles. The van der Waals surface area contributed by atoms with Crippen molar-refractivity contribution in [2.75, 3.05) is 6.61 Å². The van der Waals surface area contributed by atoms with E-state index in [4.69, 9.17) is 9.47 Å².